The molecule has 220 valence electrons. The Kier molecular flexibility index (Phi) is 6.39. The second-order valence-corrected chi connectivity index (χ2v) is 11.6. The molecular weight excluding hydrogens is 574 g/mol. The molecule has 1 aliphatic heterocycles. The molecule has 9 rings (SSSR count). The topological polar surface area (TPSA) is 54.8 Å². The average Bonchev–Trinajstić information content (AvgIpc) is 3.16. The molecule has 0 atom stereocenters. The highest BCUT2D eigenvalue weighted by atomic mass is 15.2. The van der Waals surface area contributed by atoms with Gasteiger partial charge in [-0.15, -0.1) is 0 Å². The van der Waals surface area contributed by atoms with Crippen LogP contribution in [-0.2, 0) is 0 Å². The molecule has 0 saturated heterocycles. The summed E-state index contributed by atoms with van der Waals surface area (Å²) in [7, 11) is 0. The van der Waals surface area contributed by atoms with Gasteiger partial charge in [0, 0.05) is 27.9 Å². The average molecular weight is 602 g/mol. The Hall–Kier alpha value is -6.46. The number of nitrogens with zero attached hydrogens (tertiary/aromatic N) is 5. The molecule has 8 aromatic rings. The minimum absolute atomic E-state index is 0.700. The minimum atomic E-state index is 0.700. The van der Waals surface area contributed by atoms with Gasteiger partial charge >= 0.3 is 0 Å². The van der Waals surface area contributed by atoms with E-state index < -0.39 is 0 Å². The van der Waals surface area contributed by atoms with E-state index in [1.165, 1.54) is 0 Å². The molecule has 3 heterocycles. The molecule has 5 heteroatoms. The molecule has 47 heavy (non-hydrogen) atoms. The van der Waals surface area contributed by atoms with Gasteiger partial charge in [-0.2, -0.15) is 0 Å². The molecule has 0 N–H and O–H groups in total. The molecule has 0 bridgehead atoms. The number of para-hydroxylation sites is 1. The number of aromatic nitrogens is 4. The van der Waals surface area contributed by atoms with E-state index in [9.17, 15) is 0 Å². The van der Waals surface area contributed by atoms with Crippen molar-refractivity contribution in [3.05, 3.63) is 164 Å². The molecule has 5 nitrogen and oxygen atoms in total. The molecule has 0 aliphatic carbocycles. The van der Waals surface area contributed by atoms with E-state index in [-0.39, 0.29) is 0 Å². The van der Waals surface area contributed by atoms with Crippen molar-refractivity contribution in [3.63, 3.8) is 0 Å². The molecule has 0 fully saturated rings. The number of benzene rings is 6. The summed E-state index contributed by atoms with van der Waals surface area (Å²) in [5.41, 5.74) is 12.4. The first-order chi connectivity index (χ1) is 23.3. The number of anilines is 3. The Morgan fingerprint density at radius 2 is 1.02 bits per heavy atom. The van der Waals surface area contributed by atoms with E-state index in [2.05, 4.69) is 108 Å². The third-order valence-corrected chi connectivity index (χ3v) is 8.72. The summed E-state index contributed by atoms with van der Waals surface area (Å²) in [5, 5.41) is 1.05. The van der Waals surface area contributed by atoms with Gasteiger partial charge in [-0.25, -0.2) is 19.9 Å². The van der Waals surface area contributed by atoms with E-state index in [1.807, 2.05) is 54.6 Å². The first-order valence-corrected chi connectivity index (χ1v) is 15.6. The highest BCUT2D eigenvalue weighted by Crippen LogP contribution is 2.50. The van der Waals surface area contributed by atoms with Gasteiger partial charge in [-0.1, -0.05) is 121 Å². The molecule has 0 unspecified atom stereocenters. The van der Waals surface area contributed by atoms with Crippen molar-refractivity contribution in [1.82, 2.24) is 19.9 Å². The van der Waals surface area contributed by atoms with Gasteiger partial charge in [0.05, 0.1) is 28.0 Å². The summed E-state index contributed by atoms with van der Waals surface area (Å²) >= 11 is 0. The molecular formula is C42H27N5. The SMILES string of the molecule is c1ccc(-c2cc3c4c(ncnc4c2)N(c2ccc(-c4cc(-c5ccccc5)nc(-c5ccccc5)n4)cc2)c2ccccc2-3)cc1. The van der Waals surface area contributed by atoms with Crippen LogP contribution in [0.2, 0.25) is 0 Å². The largest absolute Gasteiger partial charge is 0.294 e. The zero-order chi connectivity index (χ0) is 31.2. The zero-order valence-electron chi connectivity index (χ0n) is 25.3. The van der Waals surface area contributed by atoms with E-state index in [0.29, 0.717) is 5.82 Å². The lowest BCUT2D eigenvalue weighted by molar-refractivity contribution is 1.14. The molecule has 0 amide bonds. The van der Waals surface area contributed by atoms with Crippen molar-refractivity contribution in [2.24, 2.45) is 0 Å². The summed E-state index contributed by atoms with van der Waals surface area (Å²) in [6.45, 7) is 0. The predicted octanol–water partition coefficient (Wildman–Crippen LogP) is 10.5. The summed E-state index contributed by atoms with van der Waals surface area (Å²) in [6, 6.07) is 54.5. The third-order valence-electron chi connectivity index (χ3n) is 8.72. The summed E-state index contributed by atoms with van der Waals surface area (Å²) < 4.78 is 0. The van der Waals surface area contributed by atoms with Crippen molar-refractivity contribution in [3.8, 4) is 56.2 Å². The van der Waals surface area contributed by atoms with Crippen LogP contribution in [-0.4, -0.2) is 19.9 Å². The summed E-state index contributed by atoms with van der Waals surface area (Å²) in [4.78, 5) is 21.8. The Morgan fingerprint density at radius 1 is 0.426 bits per heavy atom. The van der Waals surface area contributed by atoms with Crippen LogP contribution in [0.15, 0.2) is 164 Å². The fraction of sp³-hybridized carbons (Fsp3) is 0. The lowest BCUT2D eigenvalue weighted by Gasteiger charge is -2.32. The van der Waals surface area contributed by atoms with Crippen molar-refractivity contribution in [2.45, 2.75) is 0 Å². The second kappa shape index (κ2) is 11.2. The minimum Gasteiger partial charge on any atom is -0.294 e. The lowest BCUT2D eigenvalue weighted by atomic mass is 9.91. The Bertz CT molecular complexity index is 2330. The zero-order valence-corrected chi connectivity index (χ0v) is 25.3. The Morgan fingerprint density at radius 3 is 1.72 bits per heavy atom. The highest BCUT2D eigenvalue weighted by molar-refractivity contribution is 6.12. The molecule has 0 saturated carbocycles. The predicted molar refractivity (Wildman–Crippen MR) is 191 cm³/mol. The van der Waals surface area contributed by atoms with Crippen LogP contribution < -0.4 is 4.90 Å². The van der Waals surface area contributed by atoms with Crippen molar-refractivity contribution < 1.29 is 0 Å². The van der Waals surface area contributed by atoms with Crippen molar-refractivity contribution in [2.75, 3.05) is 4.90 Å². The molecule has 6 aromatic carbocycles. The normalized spacial score (nSPS) is 11.8. The maximum atomic E-state index is 5.03. The first-order valence-electron chi connectivity index (χ1n) is 15.6. The Labute approximate surface area is 272 Å². The quantitative estimate of drug-likeness (QED) is 0.196. The van der Waals surface area contributed by atoms with E-state index in [0.717, 1.165) is 78.4 Å². The van der Waals surface area contributed by atoms with Gasteiger partial charge in [-0.05, 0) is 53.1 Å². The van der Waals surface area contributed by atoms with Gasteiger partial charge in [0.1, 0.15) is 12.1 Å². The van der Waals surface area contributed by atoms with E-state index in [1.54, 1.807) is 6.33 Å². The standard InChI is InChI=1S/C42H27N5/c1-4-12-28(13-5-1)32-24-35-34-18-10-11-19-39(34)47(42-40(35)38(25-32)43-27-44-42)33-22-20-30(21-23-33)37-26-36(29-14-6-2-7-15-29)45-41(46-37)31-16-8-3-9-17-31/h1-27H. The third kappa shape index (κ3) is 4.73. The maximum absolute atomic E-state index is 5.03. The molecule has 0 radical (unpaired) electrons. The van der Waals surface area contributed by atoms with Crippen LogP contribution in [0.25, 0.3) is 67.1 Å². The molecule has 2 aromatic heterocycles. The van der Waals surface area contributed by atoms with Crippen LogP contribution >= 0.6 is 0 Å². The maximum Gasteiger partial charge on any atom is 0.160 e. The monoisotopic (exact) mass is 601 g/mol. The van der Waals surface area contributed by atoms with Crippen LogP contribution in [0, 0.1) is 0 Å². The fourth-order valence-corrected chi connectivity index (χ4v) is 6.47. The molecule has 0 spiro atoms. The van der Waals surface area contributed by atoms with E-state index >= 15 is 0 Å². The second-order valence-electron chi connectivity index (χ2n) is 11.6. The highest BCUT2D eigenvalue weighted by Gasteiger charge is 2.28. The van der Waals surface area contributed by atoms with Crippen molar-refractivity contribution >= 4 is 28.1 Å². The number of hydrogen-bond acceptors (Lipinski definition) is 5. The van der Waals surface area contributed by atoms with Gasteiger partial charge in [0.25, 0.3) is 0 Å². The van der Waals surface area contributed by atoms with Crippen LogP contribution in [0.5, 0.6) is 0 Å². The number of hydrogen-bond donors (Lipinski definition) is 0. The number of rotatable bonds is 5. The summed E-state index contributed by atoms with van der Waals surface area (Å²) in [6.07, 6.45) is 1.67. The Balaban J connectivity index is 1.17. The first kappa shape index (κ1) is 26.9. The van der Waals surface area contributed by atoms with Crippen LogP contribution in [0.4, 0.5) is 17.2 Å². The summed E-state index contributed by atoms with van der Waals surface area (Å²) in [5.74, 6) is 1.57. The van der Waals surface area contributed by atoms with Crippen LogP contribution in [0.3, 0.4) is 0 Å². The van der Waals surface area contributed by atoms with Crippen LogP contribution in [0.1, 0.15) is 0 Å². The number of fused-ring (bicyclic) bond motifs is 2. The fourth-order valence-electron chi connectivity index (χ4n) is 6.47. The molecule has 1 aliphatic rings. The van der Waals surface area contributed by atoms with Gasteiger partial charge in [-0.3, -0.25) is 4.90 Å². The lowest BCUT2D eigenvalue weighted by Crippen LogP contribution is -2.16. The van der Waals surface area contributed by atoms with E-state index in [4.69, 9.17) is 19.9 Å². The van der Waals surface area contributed by atoms with Gasteiger partial charge in [0.15, 0.2) is 5.82 Å². The smallest absolute Gasteiger partial charge is 0.160 e. The van der Waals surface area contributed by atoms with Crippen molar-refractivity contribution in [1.29, 1.82) is 0 Å². The van der Waals surface area contributed by atoms with Gasteiger partial charge < -0.3 is 0 Å². The van der Waals surface area contributed by atoms with Gasteiger partial charge in [0.2, 0.25) is 0 Å².